The van der Waals surface area contributed by atoms with Crippen molar-refractivity contribution in [2.24, 2.45) is 0 Å². The molecule has 1 atom stereocenters. The number of hydrogen-bond acceptors (Lipinski definition) is 3. The number of rotatable bonds is 9. The highest BCUT2D eigenvalue weighted by atomic mass is 35.5. The molecule has 132 valence electrons. The summed E-state index contributed by atoms with van der Waals surface area (Å²) in [5.41, 5.74) is 0.114. The molecule has 0 spiro atoms. The normalized spacial score (nSPS) is 11.6. The molecule has 0 aliphatic carbocycles. The first-order valence-electron chi connectivity index (χ1n) is 7.53. The van der Waals surface area contributed by atoms with Crippen molar-refractivity contribution in [2.75, 3.05) is 6.54 Å². The van der Waals surface area contributed by atoms with E-state index in [4.69, 9.17) is 11.6 Å². The average molecular weight is 359 g/mol. The van der Waals surface area contributed by atoms with Crippen molar-refractivity contribution in [3.63, 3.8) is 0 Å². The summed E-state index contributed by atoms with van der Waals surface area (Å²) in [6, 6.07) is 2.27. The third-order valence-electron chi connectivity index (χ3n) is 3.28. The molecular formula is C16H20ClFN2O4. The van der Waals surface area contributed by atoms with Gasteiger partial charge in [0.2, 0.25) is 11.8 Å². The summed E-state index contributed by atoms with van der Waals surface area (Å²) in [4.78, 5) is 33.8. The van der Waals surface area contributed by atoms with E-state index in [0.29, 0.717) is 13.0 Å². The van der Waals surface area contributed by atoms with Crippen molar-refractivity contribution in [1.82, 2.24) is 10.6 Å². The standard InChI is InChI=1S/C16H20ClFN2O4/c1-10(21)19-8-4-2-3-5-14(22)20-15(16(23)24)11-6-7-12(17)13(18)9-11/h6-7,9,15H,2-5,8H2,1H3,(H,19,21)(H,20,22)(H,23,24). The average Bonchev–Trinajstić information content (AvgIpc) is 2.50. The fourth-order valence-corrected chi connectivity index (χ4v) is 2.18. The maximum atomic E-state index is 13.5. The van der Waals surface area contributed by atoms with Crippen LogP contribution in [0.15, 0.2) is 18.2 Å². The van der Waals surface area contributed by atoms with Gasteiger partial charge in [-0.2, -0.15) is 0 Å². The van der Waals surface area contributed by atoms with Gasteiger partial charge in [-0.15, -0.1) is 0 Å². The van der Waals surface area contributed by atoms with Crippen molar-refractivity contribution in [3.8, 4) is 0 Å². The number of carboxylic acid groups (broad SMARTS) is 1. The second kappa shape index (κ2) is 9.87. The molecule has 0 fully saturated rings. The number of halogens is 2. The predicted octanol–water partition coefficient (Wildman–Crippen LogP) is 2.42. The lowest BCUT2D eigenvalue weighted by molar-refractivity contribution is -0.142. The van der Waals surface area contributed by atoms with Crippen LogP contribution in [0, 0.1) is 5.82 Å². The smallest absolute Gasteiger partial charge is 0.330 e. The van der Waals surface area contributed by atoms with Crippen molar-refractivity contribution >= 4 is 29.4 Å². The van der Waals surface area contributed by atoms with Gasteiger partial charge in [0.1, 0.15) is 5.82 Å². The molecule has 1 unspecified atom stereocenters. The molecule has 8 heteroatoms. The molecule has 0 radical (unpaired) electrons. The van der Waals surface area contributed by atoms with Crippen LogP contribution in [0.1, 0.15) is 44.2 Å². The highest BCUT2D eigenvalue weighted by molar-refractivity contribution is 6.30. The zero-order valence-electron chi connectivity index (χ0n) is 13.3. The molecule has 24 heavy (non-hydrogen) atoms. The first kappa shape index (κ1) is 19.9. The van der Waals surface area contributed by atoms with E-state index in [1.54, 1.807) is 0 Å². The van der Waals surface area contributed by atoms with Crippen LogP contribution in [0.5, 0.6) is 0 Å². The fraction of sp³-hybridized carbons (Fsp3) is 0.438. The minimum Gasteiger partial charge on any atom is -0.479 e. The summed E-state index contributed by atoms with van der Waals surface area (Å²) in [5, 5.41) is 14.1. The molecular weight excluding hydrogens is 339 g/mol. The number of aliphatic carboxylic acids is 1. The second-order valence-electron chi connectivity index (χ2n) is 5.31. The van der Waals surface area contributed by atoms with Crippen LogP contribution in [0.2, 0.25) is 5.02 Å². The summed E-state index contributed by atoms with van der Waals surface area (Å²) in [7, 11) is 0. The van der Waals surface area contributed by atoms with Gasteiger partial charge < -0.3 is 15.7 Å². The molecule has 1 aromatic carbocycles. The summed E-state index contributed by atoms with van der Waals surface area (Å²) in [5.74, 6) is -2.56. The van der Waals surface area contributed by atoms with Crippen molar-refractivity contribution in [3.05, 3.63) is 34.6 Å². The molecule has 0 saturated carbocycles. The fourth-order valence-electron chi connectivity index (χ4n) is 2.06. The van der Waals surface area contributed by atoms with Gasteiger partial charge in [-0.05, 0) is 30.5 Å². The number of benzene rings is 1. The predicted molar refractivity (Wildman–Crippen MR) is 87.1 cm³/mol. The number of hydrogen-bond donors (Lipinski definition) is 3. The molecule has 6 nitrogen and oxygen atoms in total. The Hall–Kier alpha value is -2.15. The minimum absolute atomic E-state index is 0.104. The van der Waals surface area contributed by atoms with E-state index in [2.05, 4.69) is 10.6 Å². The number of carbonyl (C=O) groups excluding carboxylic acids is 2. The zero-order chi connectivity index (χ0) is 18.1. The van der Waals surface area contributed by atoms with Crippen LogP contribution in [-0.4, -0.2) is 29.4 Å². The maximum absolute atomic E-state index is 13.5. The topological polar surface area (TPSA) is 95.5 Å². The molecule has 0 bridgehead atoms. The summed E-state index contributed by atoms with van der Waals surface area (Å²) in [6.07, 6.45) is 2.17. The summed E-state index contributed by atoms with van der Waals surface area (Å²) >= 11 is 5.56. The lowest BCUT2D eigenvalue weighted by Crippen LogP contribution is -2.33. The van der Waals surface area contributed by atoms with E-state index in [1.165, 1.54) is 19.1 Å². The lowest BCUT2D eigenvalue weighted by atomic mass is 10.1. The minimum atomic E-state index is -1.33. The Labute approximate surface area is 144 Å². The summed E-state index contributed by atoms with van der Waals surface area (Å²) in [6.45, 7) is 1.97. The Kier molecular flexibility index (Phi) is 8.18. The highest BCUT2D eigenvalue weighted by Gasteiger charge is 2.22. The van der Waals surface area contributed by atoms with E-state index in [9.17, 15) is 23.9 Å². The molecule has 2 amide bonds. The summed E-state index contributed by atoms with van der Waals surface area (Å²) < 4.78 is 13.5. The molecule has 0 saturated heterocycles. The van der Waals surface area contributed by atoms with Crippen molar-refractivity contribution in [1.29, 1.82) is 0 Å². The Morgan fingerprint density at radius 3 is 2.54 bits per heavy atom. The lowest BCUT2D eigenvalue weighted by Gasteiger charge is -2.15. The van der Waals surface area contributed by atoms with Gasteiger partial charge >= 0.3 is 5.97 Å². The third kappa shape index (κ3) is 6.95. The molecule has 3 N–H and O–H groups in total. The molecule has 1 rings (SSSR count). The Bertz CT molecular complexity index is 610. The largest absolute Gasteiger partial charge is 0.479 e. The SMILES string of the molecule is CC(=O)NCCCCCC(=O)NC(C(=O)O)c1ccc(Cl)c(F)c1. The van der Waals surface area contributed by atoms with Crippen LogP contribution in [0.4, 0.5) is 4.39 Å². The van der Waals surface area contributed by atoms with E-state index >= 15 is 0 Å². The maximum Gasteiger partial charge on any atom is 0.330 e. The monoisotopic (exact) mass is 358 g/mol. The van der Waals surface area contributed by atoms with Gasteiger partial charge in [-0.25, -0.2) is 9.18 Å². The second-order valence-corrected chi connectivity index (χ2v) is 5.71. The number of amides is 2. The van der Waals surface area contributed by atoms with Gasteiger partial charge in [-0.1, -0.05) is 24.1 Å². The Morgan fingerprint density at radius 1 is 1.25 bits per heavy atom. The van der Waals surface area contributed by atoms with Crippen molar-refractivity contribution < 1.29 is 23.9 Å². The number of nitrogens with one attached hydrogen (secondary N) is 2. The molecule has 0 aliphatic heterocycles. The Morgan fingerprint density at radius 2 is 1.96 bits per heavy atom. The van der Waals surface area contributed by atoms with E-state index in [0.717, 1.165) is 18.9 Å². The van der Waals surface area contributed by atoms with Crippen LogP contribution in [-0.2, 0) is 14.4 Å². The van der Waals surface area contributed by atoms with Crippen LogP contribution >= 0.6 is 11.6 Å². The van der Waals surface area contributed by atoms with Crippen molar-refractivity contribution in [2.45, 2.75) is 38.6 Å². The number of carboxylic acids is 1. The number of carbonyl (C=O) groups is 3. The van der Waals surface area contributed by atoms with Gasteiger partial charge in [0.15, 0.2) is 6.04 Å². The highest BCUT2D eigenvalue weighted by Crippen LogP contribution is 2.21. The van der Waals surface area contributed by atoms with Gasteiger partial charge in [0.25, 0.3) is 0 Å². The first-order valence-corrected chi connectivity index (χ1v) is 7.90. The zero-order valence-corrected chi connectivity index (χ0v) is 14.0. The van der Waals surface area contributed by atoms with Gasteiger partial charge in [0.05, 0.1) is 5.02 Å². The number of unbranched alkanes of at least 4 members (excludes halogenated alkanes) is 2. The molecule has 0 aromatic heterocycles. The Balaban J connectivity index is 2.47. The van der Waals surface area contributed by atoms with E-state index < -0.39 is 23.7 Å². The first-order chi connectivity index (χ1) is 11.3. The van der Waals surface area contributed by atoms with E-state index in [-0.39, 0.29) is 22.9 Å². The quantitative estimate of drug-likeness (QED) is 0.591. The third-order valence-corrected chi connectivity index (χ3v) is 3.59. The van der Waals surface area contributed by atoms with Crippen LogP contribution in [0.25, 0.3) is 0 Å². The van der Waals surface area contributed by atoms with Crippen LogP contribution in [0.3, 0.4) is 0 Å². The molecule has 1 aromatic rings. The molecule has 0 heterocycles. The van der Waals surface area contributed by atoms with Crippen LogP contribution < -0.4 is 10.6 Å². The van der Waals surface area contributed by atoms with Gasteiger partial charge in [0, 0.05) is 19.9 Å². The van der Waals surface area contributed by atoms with Gasteiger partial charge in [-0.3, -0.25) is 9.59 Å². The molecule has 0 aliphatic rings. The van der Waals surface area contributed by atoms with E-state index in [1.807, 2.05) is 0 Å².